The van der Waals surface area contributed by atoms with Gasteiger partial charge in [0.1, 0.15) is 17.3 Å². The van der Waals surface area contributed by atoms with Crippen LogP contribution in [-0.4, -0.2) is 26.2 Å². The number of benzene rings is 2. The van der Waals surface area contributed by atoms with Gasteiger partial charge in [-0.25, -0.2) is 4.39 Å². The topological polar surface area (TPSA) is 47.6 Å². The molecule has 0 atom stereocenters. The summed E-state index contributed by atoms with van der Waals surface area (Å²) in [6, 6.07) is 13.4. The fourth-order valence-corrected chi connectivity index (χ4v) is 2.19. The molecular weight excluding hydrogens is 321 g/mol. The Bertz CT molecular complexity index is 698. The molecule has 0 heterocycles. The lowest BCUT2D eigenvalue weighted by Crippen LogP contribution is -2.22. The van der Waals surface area contributed by atoms with Crippen LogP contribution in [0.25, 0.3) is 6.08 Å². The maximum atomic E-state index is 12.8. The van der Waals surface area contributed by atoms with Gasteiger partial charge in [-0.3, -0.25) is 4.79 Å². The zero-order chi connectivity index (χ0) is 17.9. The van der Waals surface area contributed by atoms with Crippen LogP contribution in [0.1, 0.15) is 18.4 Å². The molecule has 0 bridgehead atoms. The second-order valence-corrected chi connectivity index (χ2v) is 5.38. The van der Waals surface area contributed by atoms with E-state index in [0.29, 0.717) is 18.9 Å². The highest BCUT2D eigenvalue weighted by atomic mass is 19.1. The molecule has 0 aliphatic heterocycles. The van der Waals surface area contributed by atoms with Crippen LogP contribution < -0.4 is 14.8 Å². The van der Waals surface area contributed by atoms with E-state index in [1.807, 2.05) is 24.3 Å². The second-order valence-electron chi connectivity index (χ2n) is 5.38. The SMILES string of the molecule is COc1ccccc1/C=C/C(=O)NCCCCOc1ccc(F)cc1. The summed E-state index contributed by atoms with van der Waals surface area (Å²) in [4.78, 5) is 11.8. The van der Waals surface area contributed by atoms with Gasteiger partial charge in [0.05, 0.1) is 13.7 Å². The molecule has 132 valence electrons. The van der Waals surface area contributed by atoms with Gasteiger partial charge in [0.2, 0.25) is 5.91 Å². The normalized spacial score (nSPS) is 10.6. The number of methoxy groups -OCH3 is 1. The van der Waals surface area contributed by atoms with E-state index in [0.717, 1.165) is 24.2 Å². The van der Waals surface area contributed by atoms with E-state index in [1.165, 1.54) is 18.2 Å². The summed E-state index contributed by atoms with van der Waals surface area (Å²) in [6.07, 6.45) is 4.82. The predicted octanol–water partition coefficient (Wildman–Crippen LogP) is 3.82. The Balaban J connectivity index is 1.62. The number of hydrogen-bond acceptors (Lipinski definition) is 3. The van der Waals surface area contributed by atoms with Crippen LogP contribution in [0.15, 0.2) is 54.6 Å². The van der Waals surface area contributed by atoms with Crippen molar-refractivity contribution in [1.82, 2.24) is 5.32 Å². The highest BCUT2D eigenvalue weighted by Crippen LogP contribution is 2.18. The molecule has 1 amide bonds. The number of rotatable bonds is 9. The van der Waals surface area contributed by atoms with Crippen molar-refractivity contribution in [2.24, 2.45) is 0 Å². The van der Waals surface area contributed by atoms with Gasteiger partial charge in [-0.05, 0) is 49.2 Å². The third kappa shape index (κ3) is 6.67. The van der Waals surface area contributed by atoms with Gasteiger partial charge in [-0.1, -0.05) is 18.2 Å². The lowest BCUT2D eigenvalue weighted by Gasteiger charge is -2.06. The number of ether oxygens (including phenoxy) is 2. The van der Waals surface area contributed by atoms with Crippen LogP contribution in [0.5, 0.6) is 11.5 Å². The molecule has 2 aromatic carbocycles. The first-order valence-corrected chi connectivity index (χ1v) is 8.16. The Morgan fingerprint density at radius 1 is 1.12 bits per heavy atom. The Kier molecular flexibility index (Phi) is 7.50. The number of carbonyl (C=O) groups excluding carboxylic acids is 1. The average Bonchev–Trinajstić information content (AvgIpc) is 2.64. The molecule has 0 fully saturated rings. The predicted molar refractivity (Wildman–Crippen MR) is 96.2 cm³/mol. The molecule has 5 heteroatoms. The van der Waals surface area contributed by atoms with Crippen molar-refractivity contribution in [3.05, 3.63) is 66.0 Å². The summed E-state index contributed by atoms with van der Waals surface area (Å²) < 4.78 is 23.5. The molecule has 0 aliphatic carbocycles. The Hall–Kier alpha value is -2.82. The quantitative estimate of drug-likeness (QED) is 0.556. The van der Waals surface area contributed by atoms with Gasteiger partial charge in [0, 0.05) is 18.2 Å². The number of para-hydroxylation sites is 1. The molecule has 0 aliphatic rings. The molecule has 0 saturated carbocycles. The highest BCUT2D eigenvalue weighted by Gasteiger charge is 2.00. The molecule has 0 saturated heterocycles. The molecule has 25 heavy (non-hydrogen) atoms. The Labute approximate surface area is 147 Å². The molecular formula is C20H22FNO3. The second kappa shape index (κ2) is 10.1. The number of unbranched alkanes of at least 4 members (excludes halogenated alkanes) is 1. The molecule has 4 nitrogen and oxygen atoms in total. The van der Waals surface area contributed by atoms with Crippen LogP contribution in [0.2, 0.25) is 0 Å². The molecule has 1 N–H and O–H groups in total. The van der Waals surface area contributed by atoms with Crippen LogP contribution in [0, 0.1) is 5.82 Å². The van der Waals surface area contributed by atoms with E-state index in [2.05, 4.69) is 5.32 Å². The van der Waals surface area contributed by atoms with Gasteiger partial charge in [-0.15, -0.1) is 0 Å². The minimum absolute atomic E-state index is 0.148. The summed E-state index contributed by atoms with van der Waals surface area (Å²) in [5.74, 6) is 0.941. The van der Waals surface area contributed by atoms with E-state index in [1.54, 1.807) is 25.3 Å². The zero-order valence-electron chi connectivity index (χ0n) is 14.2. The molecule has 0 aromatic heterocycles. The minimum atomic E-state index is -0.281. The third-order valence-electron chi connectivity index (χ3n) is 3.51. The first-order chi connectivity index (χ1) is 12.2. The standard InChI is InChI=1S/C20H22FNO3/c1-24-19-7-3-2-6-16(19)8-13-20(23)22-14-4-5-15-25-18-11-9-17(21)10-12-18/h2-3,6-13H,4-5,14-15H2,1H3,(H,22,23)/b13-8+. The van der Waals surface area contributed by atoms with Crippen LogP contribution >= 0.6 is 0 Å². The number of carbonyl (C=O) groups is 1. The number of hydrogen-bond donors (Lipinski definition) is 1. The van der Waals surface area contributed by atoms with Crippen molar-refractivity contribution < 1.29 is 18.7 Å². The number of halogens is 1. The van der Waals surface area contributed by atoms with Crippen molar-refractivity contribution in [2.45, 2.75) is 12.8 Å². The molecule has 2 aromatic rings. The Morgan fingerprint density at radius 2 is 1.88 bits per heavy atom. The smallest absolute Gasteiger partial charge is 0.244 e. The monoisotopic (exact) mass is 343 g/mol. The van der Waals surface area contributed by atoms with Crippen molar-refractivity contribution in [3.8, 4) is 11.5 Å². The summed E-state index contributed by atoms with van der Waals surface area (Å²) in [6.45, 7) is 1.10. The molecule has 0 unspecified atom stereocenters. The molecule has 2 rings (SSSR count). The maximum absolute atomic E-state index is 12.8. The van der Waals surface area contributed by atoms with E-state index in [4.69, 9.17) is 9.47 Å². The lowest BCUT2D eigenvalue weighted by atomic mass is 10.2. The van der Waals surface area contributed by atoms with Crippen LogP contribution in [0.4, 0.5) is 4.39 Å². The van der Waals surface area contributed by atoms with Gasteiger partial charge in [0.25, 0.3) is 0 Å². The van der Waals surface area contributed by atoms with Crippen molar-refractivity contribution in [3.63, 3.8) is 0 Å². The van der Waals surface area contributed by atoms with E-state index in [9.17, 15) is 9.18 Å². The molecule has 0 spiro atoms. The van der Waals surface area contributed by atoms with Crippen molar-refractivity contribution >= 4 is 12.0 Å². The fraction of sp³-hybridized carbons (Fsp3) is 0.250. The van der Waals surface area contributed by atoms with E-state index >= 15 is 0 Å². The maximum Gasteiger partial charge on any atom is 0.244 e. The van der Waals surface area contributed by atoms with Gasteiger partial charge in [-0.2, -0.15) is 0 Å². The van der Waals surface area contributed by atoms with Gasteiger partial charge in [0.15, 0.2) is 0 Å². The van der Waals surface area contributed by atoms with Crippen molar-refractivity contribution in [2.75, 3.05) is 20.3 Å². The van der Waals surface area contributed by atoms with Gasteiger partial charge >= 0.3 is 0 Å². The zero-order valence-corrected chi connectivity index (χ0v) is 14.2. The van der Waals surface area contributed by atoms with Crippen LogP contribution in [0.3, 0.4) is 0 Å². The summed E-state index contributed by atoms with van der Waals surface area (Å²) in [5, 5.41) is 2.82. The number of nitrogens with one attached hydrogen (secondary N) is 1. The average molecular weight is 343 g/mol. The first kappa shape index (κ1) is 18.5. The molecule has 0 radical (unpaired) electrons. The van der Waals surface area contributed by atoms with Crippen molar-refractivity contribution in [1.29, 1.82) is 0 Å². The third-order valence-corrected chi connectivity index (χ3v) is 3.51. The lowest BCUT2D eigenvalue weighted by molar-refractivity contribution is -0.116. The summed E-state index contributed by atoms with van der Waals surface area (Å²) in [5.41, 5.74) is 0.854. The van der Waals surface area contributed by atoms with E-state index < -0.39 is 0 Å². The summed E-state index contributed by atoms with van der Waals surface area (Å²) in [7, 11) is 1.60. The number of amides is 1. The summed E-state index contributed by atoms with van der Waals surface area (Å²) >= 11 is 0. The largest absolute Gasteiger partial charge is 0.496 e. The first-order valence-electron chi connectivity index (χ1n) is 8.16. The van der Waals surface area contributed by atoms with Gasteiger partial charge < -0.3 is 14.8 Å². The Morgan fingerprint density at radius 3 is 2.64 bits per heavy atom. The van der Waals surface area contributed by atoms with Crippen LogP contribution in [-0.2, 0) is 4.79 Å². The van der Waals surface area contributed by atoms with E-state index in [-0.39, 0.29) is 11.7 Å². The fourth-order valence-electron chi connectivity index (χ4n) is 2.19. The highest BCUT2D eigenvalue weighted by molar-refractivity contribution is 5.92. The minimum Gasteiger partial charge on any atom is -0.496 e.